The van der Waals surface area contributed by atoms with Crippen LogP contribution in [-0.2, 0) is 14.6 Å². The lowest BCUT2D eigenvalue weighted by Crippen LogP contribution is -2.49. The van der Waals surface area contributed by atoms with Gasteiger partial charge in [0.05, 0.1) is 5.54 Å². The van der Waals surface area contributed by atoms with E-state index in [1.165, 1.54) is 0 Å². The fourth-order valence-corrected chi connectivity index (χ4v) is 2.60. The van der Waals surface area contributed by atoms with Crippen molar-refractivity contribution in [3.8, 4) is 0 Å². The molecule has 0 aromatic rings. The van der Waals surface area contributed by atoms with Gasteiger partial charge in [-0.15, -0.1) is 0 Å². The van der Waals surface area contributed by atoms with E-state index in [9.17, 15) is 13.6 Å². The molecule has 0 saturated carbocycles. The zero-order valence-electron chi connectivity index (χ0n) is 9.26. The predicted octanol–water partition coefficient (Wildman–Crippen LogP) is 0.827. The van der Waals surface area contributed by atoms with Gasteiger partial charge >= 0.3 is 10.4 Å². The van der Waals surface area contributed by atoms with E-state index in [0.717, 1.165) is 5.06 Å². The minimum Gasteiger partial charge on any atom is -0.313 e. The summed E-state index contributed by atoms with van der Waals surface area (Å²) in [6.07, 6.45) is -0.455. The first-order valence-electron chi connectivity index (χ1n) is 4.62. The second-order valence-electron chi connectivity index (χ2n) is 4.99. The van der Waals surface area contributed by atoms with Crippen LogP contribution < -0.4 is 0 Å². The maximum Gasteiger partial charge on any atom is 0.397 e. The van der Waals surface area contributed by atoms with Gasteiger partial charge in [-0.1, -0.05) is 0 Å². The number of hydroxylamine groups is 2. The quantitative estimate of drug-likeness (QED) is 0.694. The van der Waals surface area contributed by atoms with Gasteiger partial charge in [-0.3, -0.25) is 4.55 Å². The summed E-state index contributed by atoms with van der Waals surface area (Å²) in [6.45, 7) is 6.83. The van der Waals surface area contributed by atoms with Crippen LogP contribution in [0.3, 0.4) is 0 Å². The molecular weight excluding hydrogens is 222 g/mol. The standard InChI is InChI=1S/C8H17NO5S/c1-7(2)5-6(14-15(11,12)13)8(3,4)9(7)10/h6,10H,5H2,1-4H3,(H,11,12,13). The third-order valence-corrected chi connectivity index (χ3v) is 3.31. The SMILES string of the molecule is CC1(C)CC(OS(=O)(=O)O)C(C)(C)N1O. The van der Waals surface area contributed by atoms with Crippen molar-refractivity contribution in [3.63, 3.8) is 0 Å². The van der Waals surface area contributed by atoms with Crippen molar-refractivity contribution in [1.29, 1.82) is 0 Å². The highest BCUT2D eigenvalue weighted by atomic mass is 32.3. The fraction of sp³-hybridized carbons (Fsp3) is 1.00. The molecule has 0 aromatic carbocycles. The Bertz CT molecular complexity index is 348. The Morgan fingerprint density at radius 3 is 2.07 bits per heavy atom. The summed E-state index contributed by atoms with van der Waals surface area (Å²) in [7, 11) is -4.49. The van der Waals surface area contributed by atoms with Crippen molar-refractivity contribution >= 4 is 10.4 Å². The molecule has 90 valence electrons. The highest BCUT2D eigenvalue weighted by Gasteiger charge is 2.53. The first-order valence-corrected chi connectivity index (χ1v) is 5.98. The maximum absolute atomic E-state index is 10.6. The molecule has 0 amide bonds. The summed E-state index contributed by atoms with van der Waals surface area (Å²) < 4.78 is 34.4. The molecule has 15 heavy (non-hydrogen) atoms. The Hall–Kier alpha value is -0.210. The third kappa shape index (κ3) is 2.48. The van der Waals surface area contributed by atoms with Gasteiger partial charge in [0.15, 0.2) is 0 Å². The van der Waals surface area contributed by atoms with Crippen LogP contribution in [0, 0.1) is 0 Å². The van der Waals surface area contributed by atoms with Gasteiger partial charge in [0.1, 0.15) is 6.10 Å². The summed E-state index contributed by atoms with van der Waals surface area (Å²) >= 11 is 0. The summed E-state index contributed by atoms with van der Waals surface area (Å²) in [5, 5.41) is 10.9. The lowest BCUT2D eigenvalue weighted by molar-refractivity contribution is -0.199. The lowest BCUT2D eigenvalue weighted by Gasteiger charge is -2.35. The van der Waals surface area contributed by atoms with E-state index < -0.39 is 27.6 Å². The topological polar surface area (TPSA) is 87.1 Å². The van der Waals surface area contributed by atoms with Crippen molar-refractivity contribution in [2.45, 2.75) is 51.3 Å². The average Bonchev–Trinajstić information content (AvgIpc) is 2.09. The van der Waals surface area contributed by atoms with E-state index in [0.29, 0.717) is 6.42 Å². The summed E-state index contributed by atoms with van der Waals surface area (Å²) in [6, 6.07) is 0. The third-order valence-electron chi connectivity index (χ3n) is 2.83. The van der Waals surface area contributed by atoms with E-state index in [2.05, 4.69) is 4.18 Å². The summed E-state index contributed by atoms with van der Waals surface area (Å²) in [5.74, 6) is 0. The predicted molar refractivity (Wildman–Crippen MR) is 52.8 cm³/mol. The molecule has 0 bridgehead atoms. The van der Waals surface area contributed by atoms with Crippen LogP contribution >= 0.6 is 0 Å². The molecule has 2 N–H and O–H groups in total. The van der Waals surface area contributed by atoms with E-state index in [4.69, 9.17) is 4.55 Å². The molecule has 1 aliphatic heterocycles. The molecule has 1 aliphatic rings. The second-order valence-corrected chi connectivity index (χ2v) is 6.04. The Kier molecular flexibility index (Phi) is 2.91. The second kappa shape index (κ2) is 3.39. The molecule has 0 aromatic heterocycles. The van der Waals surface area contributed by atoms with E-state index >= 15 is 0 Å². The molecule has 7 heteroatoms. The van der Waals surface area contributed by atoms with Crippen molar-refractivity contribution < 1.29 is 22.4 Å². The molecule has 1 fully saturated rings. The minimum absolute atomic E-state index is 0.316. The van der Waals surface area contributed by atoms with Crippen LogP contribution in [0.2, 0.25) is 0 Å². The van der Waals surface area contributed by atoms with Gasteiger partial charge < -0.3 is 5.21 Å². The molecule has 1 rings (SSSR count). The summed E-state index contributed by atoms with van der Waals surface area (Å²) in [4.78, 5) is 0. The average molecular weight is 239 g/mol. The zero-order valence-corrected chi connectivity index (χ0v) is 10.1. The molecular formula is C8H17NO5S. The molecule has 1 unspecified atom stereocenters. The molecule has 1 heterocycles. The zero-order chi connectivity index (χ0) is 12.1. The van der Waals surface area contributed by atoms with Gasteiger partial charge in [-0.05, 0) is 34.1 Å². The lowest BCUT2D eigenvalue weighted by atomic mass is 9.97. The highest BCUT2D eigenvalue weighted by Crippen LogP contribution is 2.41. The largest absolute Gasteiger partial charge is 0.397 e. The number of nitrogens with zero attached hydrogens (tertiary/aromatic N) is 1. The molecule has 0 radical (unpaired) electrons. The van der Waals surface area contributed by atoms with Gasteiger partial charge in [0.2, 0.25) is 0 Å². The monoisotopic (exact) mass is 239 g/mol. The summed E-state index contributed by atoms with van der Waals surface area (Å²) in [5.41, 5.74) is -1.45. The molecule has 0 aliphatic carbocycles. The van der Waals surface area contributed by atoms with Crippen LogP contribution in [-0.4, -0.2) is 40.4 Å². The molecule has 1 saturated heterocycles. The first-order chi connectivity index (χ1) is 6.47. The number of rotatable bonds is 2. The van der Waals surface area contributed by atoms with Crippen LogP contribution in [0.25, 0.3) is 0 Å². The van der Waals surface area contributed by atoms with Gasteiger partial charge in [-0.2, -0.15) is 13.5 Å². The number of hydrogen-bond donors (Lipinski definition) is 2. The first kappa shape index (κ1) is 12.9. The van der Waals surface area contributed by atoms with Crippen LogP contribution in [0.5, 0.6) is 0 Å². The van der Waals surface area contributed by atoms with E-state index in [1.807, 2.05) is 0 Å². The van der Waals surface area contributed by atoms with Gasteiger partial charge in [0, 0.05) is 5.54 Å². The maximum atomic E-state index is 10.6. The fourth-order valence-electron chi connectivity index (χ4n) is 2.00. The van der Waals surface area contributed by atoms with Crippen LogP contribution in [0.4, 0.5) is 0 Å². The van der Waals surface area contributed by atoms with Gasteiger partial charge in [-0.25, -0.2) is 4.18 Å². The van der Waals surface area contributed by atoms with E-state index in [-0.39, 0.29) is 0 Å². The van der Waals surface area contributed by atoms with Crippen molar-refractivity contribution in [2.24, 2.45) is 0 Å². The highest BCUT2D eigenvalue weighted by molar-refractivity contribution is 7.80. The van der Waals surface area contributed by atoms with Crippen LogP contribution in [0.1, 0.15) is 34.1 Å². The Morgan fingerprint density at radius 1 is 1.33 bits per heavy atom. The molecule has 6 nitrogen and oxygen atoms in total. The Morgan fingerprint density at radius 2 is 1.80 bits per heavy atom. The Labute approximate surface area is 89.7 Å². The van der Waals surface area contributed by atoms with Crippen molar-refractivity contribution in [2.75, 3.05) is 0 Å². The van der Waals surface area contributed by atoms with E-state index in [1.54, 1.807) is 27.7 Å². The van der Waals surface area contributed by atoms with Gasteiger partial charge in [0.25, 0.3) is 0 Å². The Balaban J connectivity index is 2.95. The number of hydrogen-bond acceptors (Lipinski definition) is 5. The minimum atomic E-state index is -4.49. The van der Waals surface area contributed by atoms with Crippen molar-refractivity contribution in [1.82, 2.24) is 5.06 Å². The van der Waals surface area contributed by atoms with Crippen LogP contribution in [0.15, 0.2) is 0 Å². The molecule has 1 atom stereocenters. The molecule has 0 spiro atoms. The van der Waals surface area contributed by atoms with Crippen molar-refractivity contribution in [3.05, 3.63) is 0 Å². The smallest absolute Gasteiger partial charge is 0.313 e. The normalized spacial score (nSPS) is 30.7.